The summed E-state index contributed by atoms with van der Waals surface area (Å²) in [5, 5.41) is 21.3. The first-order valence-electron chi connectivity index (χ1n) is 54.6. The maximum atomic E-state index is 12.8. The molecule has 0 aromatic rings. The monoisotopic (exact) mass is 1770 g/mol. The van der Waals surface area contributed by atoms with E-state index in [-0.39, 0.29) is 38.5 Å². The Morgan fingerprint density at radius 3 is 0.659 bits per heavy atom. The Morgan fingerprint density at radius 2 is 0.431 bits per heavy atom. The SMILES string of the molecule is CCCCCCCCC(CCCCCC)COC(=O)CCCCCN(CCCCCC(=O)OCC(CCCCCC)CCCCCCCC)CCN(CCO)CCCCCC.CCCCCCCCC(CCCCCC)COC(=O)CCCCCN(CCCl)CCCCCC(=O)OCC(CCCCCC)CCCCCCCC.CCCCCCNCCO.[2HH]. The fourth-order valence-corrected chi connectivity index (χ4v) is 17.2. The van der Waals surface area contributed by atoms with Crippen LogP contribution in [0.5, 0.6) is 0 Å². The standard InChI is InChI=1S/C54H108N2O5.C46H90ClNO4.C8H19NO.H2/c1-6-11-16-21-23-29-38-51(36-27-18-13-8-3)49-60-53(58)40-31-25-34-42-55(45-46-56(47-48-57)44-33-20-15-10-5)43-35-26-32-41-54(59)61-50-52(37-28-19-14-9-4)39-30-24-22-17-12-7-2;1-5-9-13-17-19-25-33-43(31-23-15-11-7-3)41-51-45(49)35-27-21-29-38-48(40-37-47)39-30-22-28-36-46(50)52-42-44(32-24-16-12-8-4)34-26-20-18-14-10-6-2;1-2-3-4-5-6-9-7-8-10;/h51-52,57H,6-50H2,1-5H3;43-44H,5-42H2,1-4H3;9-10H,2-8H2,1H3;1H/i;;;1+1. The van der Waals surface area contributed by atoms with Crippen molar-refractivity contribution in [3.63, 3.8) is 0 Å². The first-order valence-corrected chi connectivity index (χ1v) is 55.2. The highest BCUT2D eigenvalue weighted by Crippen LogP contribution is 2.26. The molecule has 0 spiro atoms. The van der Waals surface area contributed by atoms with Crippen LogP contribution < -0.4 is 5.32 Å². The van der Waals surface area contributed by atoms with Crippen molar-refractivity contribution in [2.75, 3.05) is 118 Å². The van der Waals surface area contributed by atoms with Crippen LogP contribution in [0.2, 0.25) is 0 Å². The summed E-state index contributed by atoms with van der Waals surface area (Å²) >= 11 is 6.13. The van der Waals surface area contributed by atoms with Gasteiger partial charge in [-0.3, -0.25) is 24.1 Å². The van der Waals surface area contributed by atoms with Crippen molar-refractivity contribution >= 4 is 35.5 Å². The van der Waals surface area contributed by atoms with Crippen molar-refractivity contribution in [2.45, 2.75) is 532 Å². The highest BCUT2D eigenvalue weighted by molar-refractivity contribution is 6.18. The van der Waals surface area contributed by atoms with Gasteiger partial charge in [0.25, 0.3) is 0 Å². The first kappa shape index (κ1) is 125. The summed E-state index contributed by atoms with van der Waals surface area (Å²) in [4.78, 5) is 58.2. The number of carbonyl (C=O) groups is 4. The van der Waals surface area contributed by atoms with E-state index in [1.807, 2.05) is 0 Å². The Morgan fingerprint density at radius 1 is 0.236 bits per heavy atom. The van der Waals surface area contributed by atoms with Crippen LogP contribution in [0.25, 0.3) is 0 Å². The lowest BCUT2D eigenvalue weighted by atomic mass is 9.95. The van der Waals surface area contributed by atoms with Crippen molar-refractivity contribution in [2.24, 2.45) is 23.7 Å². The fraction of sp³-hybridized carbons (Fsp3) is 0.963. The van der Waals surface area contributed by atoms with Crippen molar-refractivity contribution in [1.82, 2.24) is 20.0 Å². The number of nitrogens with one attached hydrogen (secondary N) is 1. The molecule has 0 aromatic heterocycles. The second-order valence-electron chi connectivity index (χ2n) is 37.6. The number of halogens is 1. The Balaban J connectivity index is -0.00000104. The van der Waals surface area contributed by atoms with Crippen molar-refractivity contribution in [3.8, 4) is 0 Å². The molecule has 4 unspecified atom stereocenters. The largest absolute Gasteiger partial charge is 0.465 e. The third-order valence-corrected chi connectivity index (χ3v) is 25.6. The molecule has 738 valence electrons. The number of unbranched alkanes of at least 4 members (excludes halogenated alkanes) is 46. The molecule has 14 nitrogen and oxygen atoms in total. The zero-order chi connectivity index (χ0) is 90.5. The Labute approximate surface area is 773 Å². The second-order valence-corrected chi connectivity index (χ2v) is 38.0. The van der Waals surface area contributed by atoms with Crippen molar-refractivity contribution < 1.29 is 49.8 Å². The number of ether oxygens (including phenoxy) is 4. The van der Waals surface area contributed by atoms with Crippen LogP contribution in [0.3, 0.4) is 0 Å². The number of aliphatic hydroxyl groups is 2. The molecule has 0 heterocycles. The highest BCUT2D eigenvalue weighted by atomic mass is 35.5. The van der Waals surface area contributed by atoms with Gasteiger partial charge in [0.2, 0.25) is 0 Å². The van der Waals surface area contributed by atoms with E-state index in [1.54, 1.807) is 0 Å². The van der Waals surface area contributed by atoms with E-state index in [9.17, 15) is 24.3 Å². The number of rotatable bonds is 99. The number of nitrogens with zero attached hydrogens (tertiary/aromatic N) is 3. The number of hydrogen-bond acceptors (Lipinski definition) is 14. The van der Waals surface area contributed by atoms with E-state index in [1.165, 1.54) is 360 Å². The van der Waals surface area contributed by atoms with Gasteiger partial charge < -0.3 is 44.3 Å². The van der Waals surface area contributed by atoms with Gasteiger partial charge in [-0.15, -0.1) is 11.6 Å². The van der Waals surface area contributed by atoms with Crippen LogP contribution >= 0.6 is 11.6 Å². The van der Waals surface area contributed by atoms with Crippen LogP contribution in [-0.2, 0) is 38.1 Å². The number of esters is 4. The smallest absolute Gasteiger partial charge is 0.305 e. The summed E-state index contributed by atoms with van der Waals surface area (Å²) in [6.07, 6.45) is 85.9. The maximum absolute atomic E-state index is 12.8. The zero-order valence-corrected chi connectivity index (χ0v) is 85.1. The van der Waals surface area contributed by atoms with E-state index >= 15 is 0 Å². The molecular formula is C108H219ClN4O10. The number of aliphatic hydroxyl groups excluding tert-OH is 2. The minimum atomic E-state index is -0.0158. The lowest BCUT2D eigenvalue weighted by Crippen LogP contribution is -2.38. The summed E-state index contributed by atoms with van der Waals surface area (Å²) in [5.41, 5.74) is 0. The van der Waals surface area contributed by atoms with Gasteiger partial charge in [-0.05, 0) is 179 Å². The van der Waals surface area contributed by atoms with E-state index in [0.717, 1.165) is 149 Å². The van der Waals surface area contributed by atoms with Gasteiger partial charge in [0.05, 0.1) is 39.6 Å². The molecule has 0 rings (SSSR count). The Hall–Kier alpha value is -2.07. The van der Waals surface area contributed by atoms with Crippen LogP contribution in [0.4, 0.5) is 0 Å². The average Bonchev–Trinajstić information content (AvgIpc) is 0.950. The Kier molecular flexibility index (Phi) is 109. The van der Waals surface area contributed by atoms with Gasteiger partial charge in [-0.25, -0.2) is 0 Å². The topological polar surface area (TPSA) is 167 Å². The summed E-state index contributed by atoms with van der Waals surface area (Å²) in [6.45, 7) is 36.0. The van der Waals surface area contributed by atoms with Gasteiger partial charge in [0.15, 0.2) is 0 Å². The molecule has 0 aliphatic heterocycles. The summed E-state index contributed by atoms with van der Waals surface area (Å²) in [6, 6.07) is 0. The minimum absolute atomic E-state index is 0. The molecule has 0 aliphatic carbocycles. The molecule has 4 atom stereocenters. The van der Waals surface area contributed by atoms with Crippen LogP contribution in [0.15, 0.2) is 0 Å². The van der Waals surface area contributed by atoms with E-state index in [0.29, 0.717) is 81.7 Å². The van der Waals surface area contributed by atoms with Crippen molar-refractivity contribution in [1.29, 1.82) is 0 Å². The molecule has 0 amide bonds. The predicted molar refractivity (Wildman–Crippen MR) is 536 cm³/mol. The molecule has 0 saturated heterocycles. The molecule has 0 aromatic carbocycles. The average molecular weight is 1770 g/mol. The molecule has 0 saturated carbocycles. The fourth-order valence-electron chi connectivity index (χ4n) is 17.0. The molecule has 3 N–H and O–H groups in total. The van der Waals surface area contributed by atoms with Gasteiger partial charge >= 0.3 is 23.9 Å². The molecule has 0 fully saturated rings. The molecule has 15 heteroatoms. The molecule has 123 heavy (non-hydrogen) atoms. The third kappa shape index (κ3) is 98.8. The lowest BCUT2D eigenvalue weighted by Gasteiger charge is -2.27. The van der Waals surface area contributed by atoms with Gasteiger partial charge in [0, 0.05) is 65.7 Å². The second kappa shape index (κ2) is 107. The molecule has 0 bridgehead atoms. The third-order valence-electron chi connectivity index (χ3n) is 25.4. The summed E-state index contributed by atoms with van der Waals surface area (Å²) in [5.74, 6) is 2.66. The normalized spacial score (nSPS) is 12.5. The van der Waals surface area contributed by atoms with Crippen LogP contribution in [0.1, 0.15) is 533 Å². The van der Waals surface area contributed by atoms with Gasteiger partial charge in [-0.2, -0.15) is 0 Å². The number of hydrogen-bond donors (Lipinski definition) is 3. The quantitative estimate of drug-likeness (QED) is 0.0228. The molecule has 0 radical (unpaired) electrons. The van der Waals surface area contributed by atoms with E-state index in [2.05, 4.69) is 89.3 Å². The molecule has 0 aliphatic rings. The lowest BCUT2D eigenvalue weighted by molar-refractivity contribution is -0.146. The maximum Gasteiger partial charge on any atom is 0.305 e. The Bertz CT molecular complexity index is 1950. The minimum Gasteiger partial charge on any atom is -0.465 e. The van der Waals surface area contributed by atoms with Gasteiger partial charge in [0.1, 0.15) is 0 Å². The van der Waals surface area contributed by atoms with Crippen LogP contribution in [-0.4, -0.2) is 166 Å². The van der Waals surface area contributed by atoms with Crippen LogP contribution in [0, 0.1) is 23.7 Å². The predicted octanol–water partition coefficient (Wildman–Crippen LogP) is 30.8. The highest BCUT2D eigenvalue weighted by Gasteiger charge is 2.19. The first-order chi connectivity index (χ1) is 60.3. The number of carbonyl (C=O) groups excluding carboxylic acids is 4. The number of alkyl halides is 1. The summed E-state index contributed by atoms with van der Waals surface area (Å²) in [7, 11) is 0. The van der Waals surface area contributed by atoms with Gasteiger partial charge in [-0.1, -0.05) is 390 Å². The van der Waals surface area contributed by atoms with E-state index < -0.39 is 0 Å². The zero-order valence-electron chi connectivity index (χ0n) is 84.3. The van der Waals surface area contributed by atoms with E-state index in [4.69, 9.17) is 35.7 Å². The summed E-state index contributed by atoms with van der Waals surface area (Å²) < 4.78 is 23.4. The molecular weight excluding hydrogens is 1550 g/mol. The van der Waals surface area contributed by atoms with Crippen molar-refractivity contribution in [3.05, 3.63) is 0 Å².